The number of quaternary nitrogens is 3. The number of nitrogens with one attached hydrogen (secondary N) is 2. The summed E-state index contributed by atoms with van der Waals surface area (Å²) in [6.07, 6.45) is 2.86. The predicted molar refractivity (Wildman–Crippen MR) is 76.2 cm³/mol. The smallest absolute Gasteiger partial charge is 0.127 e. The maximum Gasteiger partial charge on any atom is 0.127 e. The highest BCUT2D eigenvalue weighted by Crippen LogP contribution is 1.99. The van der Waals surface area contributed by atoms with E-state index < -0.39 is 0 Å². The van der Waals surface area contributed by atoms with Crippen LogP contribution < -0.4 is 15.1 Å². The standard InChI is InChI=1S/C16H25N3/c1-2-4-15(5-3-1)14-18-10-6-16(7-11-18)19-12-8-17-9-13-19/h1-5,16-17H,6-14H2/p+3. The van der Waals surface area contributed by atoms with Crippen LogP contribution in [0, 0.1) is 0 Å². The second-order valence-corrected chi connectivity index (χ2v) is 6.21. The lowest BCUT2D eigenvalue weighted by atomic mass is 10.0. The van der Waals surface area contributed by atoms with Crippen molar-refractivity contribution in [2.75, 3.05) is 39.3 Å². The Morgan fingerprint density at radius 2 is 1.63 bits per heavy atom. The number of hydrogen-bond donors (Lipinski definition) is 3. The van der Waals surface area contributed by atoms with Gasteiger partial charge in [0.1, 0.15) is 32.7 Å². The maximum absolute atomic E-state index is 2.47. The second-order valence-electron chi connectivity index (χ2n) is 6.21. The van der Waals surface area contributed by atoms with E-state index in [0.717, 1.165) is 6.04 Å². The van der Waals surface area contributed by atoms with E-state index in [1.54, 1.807) is 4.90 Å². The van der Waals surface area contributed by atoms with Gasteiger partial charge in [-0.25, -0.2) is 0 Å². The molecule has 104 valence electrons. The van der Waals surface area contributed by atoms with E-state index in [1.807, 2.05) is 4.90 Å². The van der Waals surface area contributed by atoms with E-state index in [0.29, 0.717) is 0 Å². The lowest BCUT2D eigenvalue weighted by Gasteiger charge is -2.35. The number of piperazine rings is 1. The molecule has 2 aliphatic rings. The van der Waals surface area contributed by atoms with Gasteiger partial charge in [0.2, 0.25) is 0 Å². The Labute approximate surface area is 116 Å². The first kappa shape index (κ1) is 13.1. The van der Waals surface area contributed by atoms with Crippen molar-refractivity contribution in [3.05, 3.63) is 35.9 Å². The molecule has 1 aromatic carbocycles. The minimum absolute atomic E-state index is 0.952. The van der Waals surface area contributed by atoms with Gasteiger partial charge >= 0.3 is 0 Å². The first-order chi connectivity index (χ1) is 9.42. The number of rotatable bonds is 3. The molecule has 0 spiro atoms. The minimum atomic E-state index is 0.952. The van der Waals surface area contributed by atoms with Crippen LogP contribution >= 0.6 is 0 Å². The lowest BCUT2D eigenvalue weighted by molar-refractivity contribution is -0.987. The molecule has 2 heterocycles. The van der Waals surface area contributed by atoms with Crippen molar-refractivity contribution in [1.82, 2.24) is 0 Å². The summed E-state index contributed by atoms with van der Waals surface area (Å²) < 4.78 is 0. The summed E-state index contributed by atoms with van der Waals surface area (Å²) in [7, 11) is 0. The van der Waals surface area contributed by atoms with Gasteiger partial charge in [-0.2, -0.15) is 0 Å². The molecular weight excluding hydrogens is 234 g/mol. The van der Waals surface area contributed by atoms with Gasteiger partial charge in [-0.05, 0) is 0 Å². The zero-order valence-electron chi connectivity index (χ0n) is 11.9. The molecule has 0 unspecified atom stereocenters. The van der Waals surface area contributed by atoms with Crippen molar-refractivity contribution < 1.29 is 15.1 Å². The number of benzene rings is 1. The summed E-state index contributed by atoms with van der Waals surface area (Å²) in [6, 6.07) is 11.9. The van der Waals surface area contributed by atoms with Crippen molar-refractivity contribution in [2.45, 2.75) is 25.4 Å². The topological polar surface area (TPSA) is 25.5 Å². The Balaban J connectivity index is 1.46. The highest BCUT2D eigenvalue weighted by Gasteiger charge is 2.31. The Kier molecular flexibility index (Phi) is 4.49. The maximum atomic E-state index is 2.47. The zero-order valence-corrected chi connectivity index (χ0v) is 11.9. The fraction of sp³-hybridized carbons (Fsp3) is 0.625. The Morgan fingerprint density at radius 1 is 0.947 bits per heavy atom. The van der Waals surface area contributed by atoms with Crippen molar-refractivity contribution in [1.29, 1.82) is 0 Å². The molecule has 0 saturated carbocycles. The predicted octanol–water partition coefficient (Wildman–Crippen LogP) is -2.30. The van der Waals surface area contributed by atoms with Gasteiger partial charge < -0.3 is 15.1 Å². The fourth-order valence-corrected chi connectivity index (χ4v) is 3.75. The third kappa shape index (κ3) is 3.56. The molecule has 4 N–H and O–H groups in total. The average molecular weight is 262 g/mol. The molecule has 1 aromatic rings. The first-order valence-electron chi connectivity index (χ1n) is 7.95. The lowest BCUT2D eigenvalue weighted by Crippen LogP contribution is -3.25. The van der Waals surface area contributed by atoms with Crippen molar-refractivity contribution in [2.24, 2.45) is 0 Å². The summed E-state index contributed by atoms with van der Waals surface area (Å²) in [5.41, 5.74) is 1.50. The highest BCUT2D eigenvalue weighted by molar-refractivity contribution is 5.13. The fourth-order valence-electron chi connectivity index (χ4n) is 3.75. The summed E-state index contributed by atoms with van der Waals surface area (Å²) in [5.74, 6) is 0. The first-order valence-corrected chi connectivity index (χ1v) is 7.95. The Bertz CT molecular complexity index is 365. The van der Waals surface area contributed by atoms with Crippen LogP contribution in [0.5, 0.6) is 0 Å². The summed E-state index contributed by atoms with van der Waals surface area (Å²) in [6.45, 7) is 9.41. The number of piperidine rings is 1. The normalized spacial score (nSPS) is 29.3. The van der Waals surface area contributed by atoms with Gasteiger partial charge in [-0.15, -0.1) is 0 Å². The summed E-state index contributed by atoms with van der Waals surface area (Å²) in [4.78, 5) is 3.67. The molecule has 0 amide bonds. The summed E-state index contributed by atoms with van der Waals surface area (Å²) in [5, 5.41) is 2.47. The van der Waals surface area contributed by atoms with Gasteiger partial charge in [0.15, 0.2) is 0 Å². The van der Waals surface area contributed by atoms with Gasteiger partial charge in [0.25, 0.3) is 0 Å². The van der Waals surface area contributed by atoms with Gasteiger partial charge in [0, 0.05) is 18.4 Å². The van der Waals surface area contributed by atoms with Crippen LogP contribution in [0.4, 0.5) is 0 Å². The molecule has 0 radical (unpaired) electrons. The van der Waals surface area contributed by atoms with E-state index >= 15 is 0 Å². The zero-order chi connectivity index (χ0) is 12.9. The molecule has 3 heteroatoms. The van der Waals surface area contributed by atoms with Crippen molar-refractivity contribution in [3.63, 3.8) is 0 Å². The van der Waals surface area contributed by atoms with E-state index in [1.165, 1.54) is 64.2 Å². The van der Waals surface area contributed by atoms with Gasteiger partial charge in [-0.1, -0.05) is 30.3 Å². The molecular formula is C16H28N3+3. The Morgan fingerprint density at radius 3 is 2.32 bits per heavy atom. The summed E-state index contributed by atoms with van der Waals surface area (Å²) >= 11 is 0. The van der Waals surface area contributed by atoms with Crippen LogP contribution in [0.2, 0.25) is 0 Å². The van der Waals surface area contributed by atoms with Gasteiger partial charge in [-0.3, -0.25) is 0 Å². The number of nitrogens with two attached hydrogens (primary N) is 1. The molecule has 2 saturated heterocycles. The Hall–Kier alpha value is -0.900. The van der Waals surface area contributed by atoms with Crippen molar-refractivity contribution >= 4 is 0 Å². The molecule has 0 aliphatic carbocycles. The molecule has 0 aromatic heterocycles. The van der Waals surface area contributed by atoms with E-state index in [4.69, 9.17) is 0 Å². The molecule has 3 rings (SSSR count). The molecule has 19 heavy (non-hydrogen) atoms. The molecule has 0 bridgehead atoms. The highest BCUT2D eigenvalue weighted by atomic mass is 15.2. The van der Waals surface area contributed by atoms with E-state index in [9.17, 15) is 0 Å². The quantitative estimate of drug-likeness (QED) is 0.546. The SMILES string of the molecule is c1ccc(C[NH+]2CCC([NH+]3CC[NH2+]CC3)CC2)cc1. The number of hydrogen-bond acceptors (Lipinski definition) is 0. The van der Waals surface area contributed by atoms with Crippen LogP contribution in [0.1, 0.15) is 18.4 Å². The van der Waals surface area contributed by atoms with E-state index in [-0.39, 0.29) is 0 Å². The molecule has 3 nitrogen and oxygen atoms in total. The molecule has 2 fully saturated rings. The van der Waals surface area contributed by atoms with Crippen molar-refractivity contribution in [3.8, 4) is 0 Å². The van der Waals surface area contributed by atoms with Crippen LogP contribution in [0.15, 0.2) is 30.3 Å². The second kappa shape index (κ2) is 6.51. The molecule has 2 aliphatic heterocycles. The van der Waals surface area contributed by atoms with Crippen LogP contribution in [0.3, 0.4) is 0 Å². The van der Waals surface area contributed by atoms with Gasteiger partial charge in [0.05, 0.1) is 19.1 Å². The monoisotopic (exact) mass is 262 g/mol. The molecule has 0 atom stereocenters. The average Bonchev–Trinajstić information content (AvgIpc) is 2.50. The third-order valence-corrected chi connectivity index (χ3v) is 4.91. The van der Waals surface area contributed by atoms with E-state index in [2.05, 4.69) is 35.6 Å². The van der Waals surface area contributed by atoms with Crippen LogP contribution in [-0.4, -0.2) is 45.3 Å². The largest absolute Gasteiger partial charge is 0.337 e. The third-order valence-electron chi connectivity index (χ3n) is 4.91. The van der Waals surface area contributed by atoms with Crippen LogP contribution in [-0.2, 0) is 6.54 Å². The van der Waals surface area contributed by atoms with Crippen LogP contribution in [0.25, 0.3) is 0 Å². The minimum Gasteiger partial charge on any atom is -0.337 e. The number of likely N-dealkylation sites (tertiary alicyclic amines) is 1.